The Labute approximate surface area is 166 Å². The molecule has 0 amide bonds. The summed E-state index contributed by atoms with van der Waals surface area (Å²) in [6, 6.07) is 13.3. The lowest BCUT2D eigenvalue weighted by Gasteiger charge is -2.28. The highest BCUT2D eigenvalue weighted by Gasteiger charge is 2.29. The summed E-state index contributed by atoms with van der Waals surface area (Å²) in [6.07, 6.45) is -0.746. The SMILES string of the molecule is FC(F)(F)c1ccc(CSc2nc(N3CCCCC3)c3ccccc3n2)cc1. The van der Waals surface area contributed by atoms with E-state index >= 15 is 0 Å². The van der Waals surface area contributed by atoms with Gasteiger partial charge in [-0.05, 0) is 49.1 Å². The van der Waals surface area contributed by atoms with Gasteiger partial charge in [-0.3, -0.25) is 0 Å². The van der Waals surface area contributed by atoms with Crippen molar-refractivity contribution in [3.8, 4) is 0 Å². The molecule has 1 saturated heterocycles. The number of alkyl halides is 3. The number of rotatable bonds is 4. The first-order valence-corrected chi connectivity index (χ1v) is 10.3. The van der Waals surface area contributed by atoms with Gasteiger partial charge in [0.05, 0.1) is 11.1 Å². The molecule has 0 unspecified atom stereocenters. The lowest BCUT2D eigenvalue weighted by atomic mass is 10.1. The van der Waals surface area contributed by atoms with E-state index < -0.39 is 11.7 Å². The number of fused-ring (bicyclic) bond motifs is 1. The molecule has 2 heterocycles. The average molecular weight is 403 g/mol. The highest BCUT2D eigenvalue weighted by atomic mass is 32.2. The van der Waals surface area contributed by atoms with Crippen molar-refractivity contribution in [1.82, 2.24) is 9.97 Å². The summed E-state index contributed by atoms with van der Waals surface area (Å²) in [6.45, 7) is 1.98. The molecule has 0 aliphatic carbocycles. The molecule has 0 atom stereocenters. The van der Waals surface area contributed by atoms with Crippen LogP contribution in [0.25, 0.3) is 10.9 Å². The smallest absolute Gasteiger partial charge is 0.356 e. The molecule has 3 aromatic rings. The van der Waals surface area contributed by atoms with Gasteiger partial charge in [0.25, 0.3) is 0 Å². The van der Waals surface area contributed by atoms with E-state index in [0.29, 0.717) is 10.9 Å². The Morgan fingerprint density at radius 1 is 0.893 bits per heavy atom. The average Bonchev–Trinajstić information content (AvgIpc) is 2.72. The first-order chi connectivity index (χ1) is 13.5. The van der Waals surface area contributed by atoms with Crippen LogP contribution in [0.1, 0.15) is 30.4 Å². The fraction of sp³-hybridized carbons (Fsp3) is 0.333. The van der Waals surface area contributed by atoms with Gasteiger partial charge in [-0.25, -0.2) is 9.97 Å². The Bertz CT molecular complexity index is 951. The van der Waals surface area contributed by atoms with Gasteiger partial charge in [0.1, 0.15) is 5.82 Å². The maximum atomic E-state index is 12.7. The first kappa shape index (κ1) is 19.1. The van der Waals surface area contributed by atoms with Crippen LogP contribution in [0.4, 0.5) is 19.0 Å². The molecule has 28 heavy (non-hydrogen) atoms. The number of hydrogen-bond donors (Lipinski definition) is 0. The minimum absolute atomic E-state index is 0.524. The zero-order valence-corrected chi connectivity index (χ0v) is 16.1. The predicted octanol–water partition coefficient (Wildman–Crippen LogP) is 5.93. The zero-order chi connectivity index (χ0) is 19.6. The van der Waals surface area contributed by atoms with Crippen molar-refractivity contribution in [2.45, 2.75) is 36.3 Å². The Balaban J connectivity index is 1.57. The molecular weight excluding hydrogens is 383 g/mol. The molecular formula is C21H20F3N3S. The molecule has 1 fully saturated rings. The minimum Gasteiger partial charge on any atom is -0.356 e. The van der Waals surface area contributed by atoms with E-state index in [-0.39, 0.29) is 0 Å². The summed E-state index contributed by atoms with van der Waals surface area (Å²) in [5.74, 6) is 1.48. The van der Waals surface area contributed by atoms with E-state index in [9.17, 15) is 13.2 Å². The molecule has 7 heteroatoms. The summed E-state index contributed by atoms with van der Waals surface area (Å²) in [5.41, 5.74) is 1.08. The summed E-state index contributed by atoms with van der Waals surface area (Å²) in [7, 11) is 0. The standard InChI is InChI=1S/C21H20F3N3S/c22-21(23,24)16-10-8-15(9-11-16)14-28-20-25-18-7-3-2-6-17(18)19(26-20)27-12-4-1-5-13-27/h2-3,6-11H,1,4-5,12-14H2. The normalized spacial score (nSPS) is 15.2. The van der Waals surface area contributed by atoms with Crippen LogP contribution in [0.3, 0.4) is 0 Å². The van der Waals surface area contributed by atoms with E-state index in [1.165, 1.54) is 30.3 Å². The van der Waals surface area contributed by atoms with Gasteiger partial charge in [0, 0.05) is 24.2 Å². The molecule has 4 rings (SSSR count). The Morgan fingerprint density at radius 3 is 2.32 bits per heavy atom. The Hall–Kier alpha value is -2.28. The number of halogens is 3. The largest absolute Gasteiger partial charge is 0.416 e. The van der Waals surface area contributed by atoms with Crippen molar-refractivity contribution in [3.05, 3.63) is 59.7 Å². The van der Waals surface area contributed by atoms with E-state index in [2.05, 4.69) is 9.88 Å². The van der Waals surface area contributed by atoms with Crippen molar-refractivity contribution < 1.29 is 13.2 Å². The molecule has 3 nitrogen and oxygen atoms in total. The third-order valence-electron chi connectivity index (χ3n) is 4.87. The topological polar surface area (TPSA) is 29.0 Å². The van der Waals surface area contributed by atoms with Crippen molar-refractivity contribution in [1.29, 1.82) is 0 Å². The van der Waals surface area contributed by atoms with Gasteiger partial charge in [-0.1, -0.05) is 36.0 Å². The number of benzene rings is 2. The fourth-order valence-electron chi connectivity index (χ4n) is 3.39. The van der Waals surface area contributed by atoms with Gasteiger partial charge in [0.2, 0.25) is 0 Å². The van der Waals surface area contributed by atoms with Gasteiger partial charge in [-0.2, -0.15) is 13.2 Å². The molecule has 1 aliphatic rings. The number of aromatic nitrogens is 2. The molecule has 1 aromatic heterocycles. The van der Waals surface area contributed by atoms with Gasteiger partial charge in [0.15, 0.2) is 5.16 Å². The van der Waals surface area contributed by atoms with Crippen molar-refractivity contribution >= 4 is 28.5 Å². The van der Waals surface area contributed by atoms with Crippen molar-refractivity contribution in [2.75, 3.05) is 18.0 Å². The van der Waals surface area contributed by atoms with Crippen LogP contribution in [-0.2, 0) is 11.9 Å². The zero-order valence-electron chi connectivity index (χ0n) is 15.2. The van der Waals surface area contributed by atoms with Crippen LogP contribution in [0.2, 0.25) is 0 Å². The monoisotopic (exact) mass is 403 g/mol. The maximum absolute atomic E-state index is 12.7. The lowest BCUT2D eigenvalue weighted by Crippen LogP contribution is -2.30. The van der Waals surface area contributed by atoms with Crippen LogP contribution < -0.4 is 4.90 Å². The van der Waals surface area contributed by atoms with Crippen molar-refractivity contribution in [3.63, 3.8) is 0 Å². The second-order valence-electron chi connectivity index (χ2n) is 6.88. The van der Waals surface area contributed by atoms with E-state index in [1.54, 1.807) is 0 Å². The number of hydrogen-bond acceptors (Lipinski definition) is 4. The Kier molecular flexibility index (Phi) is 5.44. The molecule has 1 aliphatic heterocycles. The summed E-state index contributed by atoms with van der Waals surface area (Å²) < 4.78 is 38.1. The number of para-hydroxylation sites is 1. The summed E-state index contributed by atoms with van der Waals surface area (Å²) >= 11 is 1.45. The molecule has 0 saturated carbocycles. The number of thioether (sulfide) groups is 1. The summed E-state index contributed by atoms with van der Waals surface area (Å²) in [5, 5.41) is 1.70. The van der Waals surface area contributed by atoms with E-state index in [0.717, 1.165) is 60.3 Å². The second-order valence-corrected chi connectivity index (χ2v) is 7.82. The van der Waals surface area contributed by atoms with Crippen LogP contribution in [0.15, 0.2) is 53.7 Å². The quantitative estimate of drug-likeness (QED) is 0.399. The highest BCUT2D eigenvalue weighted by Crippen LogP contribution is 2.32. The fourth-order valence-corrected chi connectivity index (χ4v) is 4.19. The molecule has 0 N–H and O–H groups in total. The number of nitrogens with zero attached hydrogens (tertiary/aromatic N) is 3. The van der Waals surface area contributed by atoms with E-state index in [4.69, 9.17) is 4.98 Å². The minimum atomic E-state index is -4.31. The third kappa shape index (κ3) is 4.24. The van der Waals surface area contributed by atoms with Gasteiger partial charge in [-0.15, -0.1) is 0 Å². The number of anilines is 1. The van der Waals surface area contributed by atoms with Crippen molar-refractivity contribution in [2.24, 2.45) is 0 Å². The first-order valence-electron chi connectivity index (χ1n) is 9.31. The molecule has 0 bridgehead atoms. The van der Waals surface area contributed by atoms with Gasteiger partial charge < -0.3 is 4.90 Å². The highest BCUT2D eigenvalue weighted by molar-refractivity contribution is 7.98. The number of piperidine rings is 1. The van der Waals surface area contributed by atoms with Crippen LogP contribution in [-0.4, -0.2) is 23.1 Å². The van der Waals surface area contributed by atoms with Crippen LogP contribution in [0, 0.1) is 0 Å². The van der Waals surface area contributed by atoms with E-state index in [1.807, 2.05) is 24.3 Å². The predicted molar refractivity (Wildman–Crippen MR) is 107 cm³/mol. The van der Waals surface area contributed by atoms with Crippen LogP contribution >= 0.6 is 11.8 Å². The lowest BCUT2D eigenvalue weighted by molar-refractivity contribution is -0.137. The third-order valence-corrected chi connectivity index (χ3v) is 5.79. The Morgan fingerprint density at radius 2 is 1.61 bits per heavy atom. The maximum Gasteiger partial charge on any atom is 0.416 e. The van der Waals surface area contributed by atoms with Gasteiger partial charge >= 0.3 is 6.18 Å². The molecule has 0 spiro atoms. The second kappa shape index (κ2) is 7.99. The summed E-state index contributed by atoms with van der Waals surface area (Å²) in [4.78, 5) is 11.8. The molecule has 0 radical (unpaired) electrons. The van der Waals surface area contributed by atoms with Crippen LogP contribution in [0.5, 0.6) is 0 Å². The molecule has 146 valence electrons. The molecule has 2 aromatic carbocycles.